The van der Waals surface area contributed by atoms with Gasteiger partial charge in [-0.3, -0.25) is 4.79 Å². The molecule has 0 radical (unpaired) electrons. The Labute approximate surface area is 114 Å². The summed E-state index contributed by atoms with van der Waals surface area (Å²) in [6.07, 6.45) is 6.66. The minimum Gasteiger partial charge on any atom is -0.355 e. The molecule has 1 aliphatic heterocycles. The number of nitrogens with zero attached hydrogens (tertiary/aromatic N) is 3. The fourth-order valence-corrected chi connectivity index (χ4v) is 2.11. The van der Waals surface area contributed by atoms with Gasteiger partial charge in [-0.15, -0.1) is 0 Å². The summed E-state index contributed by atoms with van der Waals surface area (Å²) in [5.41, 5.74) is 0.395. The summed E-state index contributed by atoms with van der Waals surface area (Å²) >= 11 is 0. The van der Waals surface area contributed by atoms with Crippen molar-refractivity contribution in [2.24, 2.45) is 5.92 Å². The number of rotatable bonds is 5. The highest BCUT2D eigenvalue weighted by Crippen LogP contribution is 2.16. The molecule has 1 saturated heterocycles. The van der Waals surface area contributed by atoms with Crippen LogP contribution in [-0.4, -0.2) is 35.5 Å². The van der Waals surface area contributed by atoms with Crippen LogP contribution in [0.1, 0.15) is 43.6 Å². The first-order valence-corrected chi connectivity index (χ1v) is 7.02. The highest BCUT2D eigenvalue weighted by atomic mass is 16.1. The Morgan fingerprint density at radius 1 is 1.32 bits per heavy atom. The second-order valence-corrected chi connectivity index (χ2v) is 5.39. The van der Waals surface area contributed by atoms with Gasteiger partial charge in [0.1, 0.15) is 11.5 Å². The number of hydrogen-bond acceptors (Lipinski definition) is 4. The van der Waals surface area contributed by atoms with Crippen molar-refractivity contribution in [3.05, 3.63) is 18.1 Å². The van der Waals surface area contributed by atoms with Crippen molar-refractivity contribution in [2.45, 2.75) is 33.1 Å². The molecule has 0 saturated carbocycles. The van der Waals surface area contributed by atoms with Crippen LogP contribution in [0.3, 0.4) is 0 Å². The third-order valence-electron chi connectivity index (χ3n) is 3.31. The topological polar surface area (TPSA) is 58.1 Å². The lowest BCUT2D eigenvalue weighted by Gasteiger charge is -2.15. The van der Waals surface area contributed by atoms with Crippen molar-refractivity contribution < 1.29 is 4.79 Å². The van der Waals surface area contributed by atoms with Gasteiger partial charge >= 0.3 is 0 Å². The van der Waals surface area contributed by atoms with E-state index >= 15 is 0 Å². The van der Waals surface area contributed by atoms with Gasteiger partial charge in [-0.1, -0.05) is 13.8 Å². The third-order valence-corrected chi connectivity index (χ3v) is 3.31. The highest BCUT2D eigenvalue weighted by Gasteiger charge is 2.14. The SMILES string of the molecule is CC(C)CCNC(=O)c1cnc(N2CCCC2)cn1. The summed E-state index contributed by atoms with van der Waals surface area (Å²) in [4.78, 5) is 22.6. The van der Waals surface area contributed by atoms with Gasteiger partial charge in [-0.2, -0.15) is 0 Å². The first kappa shape index (κ1) is 13.8. The van der Waals surface area contributed by atoms with E-state index in [2.05, 4.69) is 34.0 Å². The summed E-state index contributed by atoms with van der Waals surface area (Å²) in [5.74, 6) is 1.32. The molecule has 1 aromatic rings. The zero-order valence-corrected chi connectivity index (χ0v) is 11.7. The number of amides is 1. The van der Waals surface area contributed by atoms with Gasteiger partial charge in [0.05, 0.1) is 12.4 Å². The van der Waals surface area contributed by atoms with E-state index in [4.69, 9.17) is 0 Å². The van der Waals surface area contributed by atoms with Gasteiger partial charge in [-0.05, 0) is 25.2 Å². The van der Waals surface area contributed by atoms with E-state index in [1.54, 1.807) is 12.4 Å². The Hall–Kier alpha value is -1.65. The fraction of sp³-hybridized carbons (Fsp3) is 0.643. The van der Waals surface area contributed by atoms with Gasteiger partial charge in [0.2, 0.25) is 0 Å². The lowest BCUT2D eigenvalue weighted by molar-refractivity contribution is 0.0946. The molecule has 1 N–H and O–H groups in total. The van der Waals surface area contributed by atoms with Crippen molar-refractivity contribution in [3.8, 4) is 0 Å². The zero-order chi connectivity index (χ0) is 13.7. The van der Waals surface area contributed by atoms with E-state index in [-0.39, 0.29) is 5.91 Å². The maximum Gasteiger partial charge on any atom is 0.271 e. The quantitative estimate of drug-likeness (QED) is 0.880. The molecule has 104 valence electrons. The lowest BCUT2D eigenvalue weighted by Crippen LogP contribution is -2.27. The van der Waals surface area contributed by atoms with E-state index in [0.29, 0.717) is 18.2 Å². The predicted molar refractivity (Wildman–Crippen MR) is 75.3 cm³/mol. The molecule has 1 fully saturated rings. The van der Waals surface area contributed by atoms with Gasteiger partial charge in [0, 0.05) is 19.6 Å². The van der Waals surface area contributed by atoms with Crippen LogP contribution in [0.2, 0.25) is 0 Å². The molecule has 0 atom stereocenters. The lowest BCUT2D eigenvalue weighted by atomic mass is 10.1. The van der Waals surface area contributed by atoms with Crippen LogP contribution in [0.4, 0.5) is 5.82 Å². The third kappa shape index (κ3) is 3.91. The van der Waals surface area contributed by atoms with Crippen molar-refractivity contribution in [3.63, 3.8) is 0 Å². The summed E-state index contributed by atoms with van der Waals surface area (Å²) in [6.45, 7) is 7.03. The smallest absolute Gasteiger partial charge is 0.271 e. The Morgan fingerprint density at radius 3 is 2.63 bits per heavy atom. The Morgan fingerprint density at radius 2 is 2.05 bits per heavy atom. The number of aromatic nitrogens is 2. The Bertz CT molecular complexity index is 410. The number of hydrogen-bond donors (Lipinski definition) is 1. The van der Waals surface area contributed by atoms with Crippen molar-refractivity contribution in [1.82, 2.24) is 15.3 Å². The molecule has 2 heterocycles. The highest BCUT2D eigenvalue weighted by molar-refractivity contribution is 5.91. The first-order valence-electron chi connectivity index (χ1n) is 7.02. The van der Waals surface area contributed by atoms with E-state index in [1.807, 2.05) is 0 Å². The predicted octanol–water partition coefficient (Wildman–Crippen LogP) is 1.85. The Kier molecular flexibility index (Phi) is 4.71. The standard InChI is InChI=1S/C14H22N4O/c1-11(2)5-6-15-14(19)12-9-17-13(10-16-12)18-7-3-4-8-18/h9-11H,3-8H2,1-2H3,(H,15,19). The molecule has 19 heavy (non-hydrogen) atoms. The van der Waals surface area contributed by atoms with Crippen LogP contribution in [0.25, 0.3) is 0 Å². The first-order chi connectivity index (χ1) is 9.16. The summed E-state index contributed by atoms with van der Waals surface area (Å²) in [7, 11) is 0. The second-order valence-electron chi connectivity index (χ2n) is 5.39. The van der Waals surface area contributed by atoms with Crippen molar-refractivity contribution in [2.75, 3.05) is 24.5 Å². The molecule has 2 rings (SSSR count). The summed E-state index contributed by atoms with van der Waals surface area (Å²) in [5, 5.41) is 2.86. The van der Waals surface area contributed by atoms with E-state index in [9.17, 15) is 4.79 Å². The van der Waals surface area contributed by atoms with Gasteiger partial charge in [0.15, 0.2) is 0 Å². The van der Waals surface area contributed by atoms with E-state index in [1.165, 1.54) is 12.8 Å². The minimum absolute atomic E-state index is 0.138. The molecule has 5 heteroatoms. The molecule has 0 aromatic carbocycles. The normalized spacial score (nSPS) is 15.0. The maximum atomic E-state index is 11.8. The zero-order valence-electron chi connectivity index (χ0n) is 11.7. The molecule has 0 unspecified atom stereocenters. The van der Waals surface area contributed by atoms with Crippen LogP contribution in [-0.2, 0) is 0 Å². The van der Waals surface area contributed by atoms with Crippen LogP contribution < -0.4 is 10.2 Å². The van der Waals surface area contributed by atoms with Crippen LogP contribution in [0, 0.1) is 5.92 Å². The molecule has 0 spiro atoms. The molecule has 0 bridgehead atoms. The van der Waals surface area contributed by atoms with Crippen LogP contribution in [0.15, 0.2) is 12.4 Å². The molecular weight excluding hydrogens is 240 g/mol. The molecule has 0 aliphatic carbocycles. The largest absolute Gasteiger partial charge is 0.355 e. The molecule has 1 aliphatic rings. The molecular formula is C14H22N4O. The number of nitrogens with one attached hydrogen (secondary N) is 1. The summed E-state index contributed by atoms with van der Waals surface area (Å²) in [6, 6.07) is 0. The number of anilines is 1. The Balaban J connectivity index is 1.88. The van der Waals surface area contributed by atoms with Crippen LogP contribution in [0.5, 0.6) is 0 Å². The van der Waals surface area contributed by atoms with Gasteiger partial charge in [0.25, 0.3) is 5.91 Å². The average Bonchev–Trinajstić information content (AvgIpc) is 2.92. The van der Waals surface area contributed by atoms with Crippen molar-refractivity contribution in [1.29, 1.82) is 0 Å². The average molecular weight is 262 g/mol. The number of carbonyl (C=O) groups excluding carboxylic acids is 1. The minimum atomic E-state index is -0.138. The van der Waals surface area contributed by atoms with E-state index < -0.39 is 0 Å². The van der Waals surface area contributed by atoms with E-state index in [0.717, 1.165) is 25.3 Å². The van der Waals surface area contributed by atoms with Crippen LogP contribution >= 0.6 is 0 Å². The summed E-state index contributed by atoms with van der Waals surface area (Å²) < 4.78 is 0. The number of carbonyl (C=O) groups is 1. The monoisotopic (exact) mass is 262 g/mol. The van der Waals surface area contributed by atoms with Gasteiger partial charge in [-0.25, -0.2) is 9.97 Å². The van der Waals surface area contributed by atoms with Crippen molar-refractivity contribution >= 4 is 11.7 Å². The maximum absolute atomic E-state index is 11.8. The van der Waals surface area contributed by atoms with Gasteiger partial charge < -0.3 is 10.2 Å². The fourth-order valence-electron chi connectivity index (χ4n) is 2.11. The molecule has 1 aromatic heterocycles. The molecule has 5 nitrogen and oxygen atoms in total. The second kappa shape index (κ2) is 6.50. The molecule has 1 amide bonds.